The van der Waals surface area contributed by atoms with Gasteiger partial charge in [0.1, 0.15) is 17.2 Å². The normalized spacial score (nSPS) is 11.3. The van der Waals surface area contributed by atoms with Gasteiger partial charge in [-0.2, -0.15) is 0 Å². The Balaban J connectivity index is 1.78. The third-order valence-electron chi connectivity index (χ3n) is 4.88. The third-order valence-corrected chi connectivity index (χ3v) is 6.67. The van der Waals surface area contributed by atoms with Gasteiger partial charge in [0.2, 0.25) is 5.89 Å². The minimum absolute atomic E-state index is 0.0204. The largest absolute Gasteiger partial charge is 0.497 e. The molecule has 0 spiro atoms. The van der Waals surface area contributed by atoms with Crippen molar-refractivity contribution in [3.05, 3.63) is 96.4 Å². The lowest BCUT2D eigenvalue weighted by molar-refractivity contribution is 0.415. The molecule has 7 heteroatoms. The predicted molar refractivity (Wildman–Crippen MR) is 119 cm³/mol. The average Bonchev–Trinajstić information content (AvgIpc) is 3.19. The SMILES string of the molecule is COc1cccc(N(Cc2nc(-c3ccccc3)oc2C)S(=O)(=O)c2ccccc2)c1. The van der Waals surface area contributed by atoms with Crippen molar-refractivity contribution in [3.63, 3.8) is 0 Å². The van der Waals surface area contributed by atoms with E-state index in [4.69, 9.17) is 9.15 Å². The fourth-order valence-electron chi connectivity index (χ4n) is 3.22. The molecule has 0 saturated heterocycles. The quantitative estimate of drug-likeness (QED) is 0.407. The molecule has 4 rings (SSSR count). The molecule has 0 aliphatic carbocycles. The number of hydrogen-bond donors (Lipinski definition) is 0. The van der Waals surface area contributed by atoms with Gasteiger partial charge in [0.05, 0.1) is 24.2 Å². The third kappa shape index (κ3) is 4.32. The Morgan fingerprint density at radius 3 is 2.29 bits per heavy atom. The molecule has 0 saturated carbocycles. The molecular formula is C24H22N2O4S. The topological polar surface area (TPSA) is 72.6 Å². The predicted octanol–water partition coefficient (Wildman–Crippen LogP) is 5.05. The lowest BCUT2D eigenvalue weighted by Crippen LogP contribution is -2.31. The molecule has 0 aliphatic rings. The maximum absolute atomic E-state index is 13.6. The van der Waals surface area contributed by atoms with E-state index >= 15 is 0 Å². The van der Waals surface area contributed by atoms with Crippen molar-refractivity contribution in [2.24, 2.45) is 0 Å². The van der Waals surface area contributed by atoms with Gasteiger partial charge in [-0.25, -0.2) is 13.4 Å². The Bertz CT molecular complexity index is 1270. The van der Waals surface area contributed by atoms with E-state index in [-0.39, 0.29) is 11.4 Å². The maximum Gasteiger partial charge on any atom is 0.264 e. The van der Waals surface area contributed by atoms with E-state index in [2.05, 4.69) is 4.98 Å². The van der Waals surface area contributed by atoms with E-state index in [9.17, 15) is 8.42 Å². The van der Waals surface area contributed by atoms with Gasteiger partial charge in [-0.05, 0) is 43.3 Å². The first-order valence-corrected chi connectivity index (χ1v) is 11.2. The highest BCUT2D eigenvalue weighted by Crippen LogP contribution is 2.30. The summed E-state index contributed by atoms with van der Waals surface area (Å²) in [4.78, 5) is 4.79. The number of ether oxygens (including phenoxy) is 1. The lowest BCUT2D eigenvalue weighted by atomic mass is 10.2. The van der Waals surface area contributed by atoms with Gasteiger partial charge in [-0.1, -0.05) is 42.5 Å². The molecule has 0 atom stereocenters. The molecule has 158 valence electrons. The Morgan fingerprint density at radius 1 is 0.935 bits per heavy atom. The van der Waals surface area contributed by atoms with E-state index in [1.165, 1.54) is 4.31 Å². The van der Waals surface area contributed by atoms with Gasteiger partial charge < -0.3 is 9.15 Å². The zero-order valence-electron chi connectivity index (χ0n) is 17.2. The smallest absolute Gasteiger partial charge is 0.264 e. The highest BCUT2D eigenvalue weighted by molar-refractivity contribution is 7.92. The Hall–Kier alpha value is -3.58. The number of methoxy groups -OCH3 is 1. The highest BCUT2D eigenvalue weighted by Gasteiger charge is 2.27. The van der Waals surface area contributed by atoms with Crippen LogP contribution in [0.1, 0.15) is 11.5 Å². The fraction of sp³-hybridized carbons (Fsp3) is 0.125. The summed E-state index contributed by atoms with van der Waals surface area (Å²) in [6.45, 7) is 1.81. The number of aryl methyl sites for hydroxylation is 1. The van der Waals surface area contributed by atoms with Gasteiger partial charge >= 0.3 is 0 Å². The monoisotopic (exact) mass is 434 g/mol. The maximum atomic E-state index is 13.6. The fourth-order valence-corrected chi connectivity index (χ4v) is 4.65. The van der Waals surface area contributed by atoms with Gasteiger partial charge in [-0.3, -0.25) is 4.31 Å². The summed E-state index contributed by atoms with van der Waals surface area (Å²) in [6, 6.07) is 24.8. The molecule has 0 aliphatic heterocycles. The highest BCUT2D eigenvalue weighted by atomic mass is 32.2. The summed E-state index contributed by atoms with van der Waals surface area (Å²) in [7, 11) is -2.31. The first-order chi connectivity index (χ1) is 15.0. The van der Waals surface area contributed by atoms with Crippen LogP contribution in [0.15, 0.2) is 94.2 Å². The van der Waals surface area contributed by atoms with Crippen LogP contribution in [0.25, 0.3) is 11.5 Å². The molecule has 1 heterocycles. The standard InChI is InChI=1S/C24H22N2O4S/c1-18-23(25-24(30-18)19-10-5-3-6-11-19)17-26(20-12-9-13-21(16-20)29-2)31(27,28)22-14-7-4-8-15-22/h3-16H,17H2,1-2H3. The minimum atomic E-state index is -3.85. The molecule has 4 aromatic rings. The summed E-state index contributed by atoms with van der Waals surface area (Å²) in [5.74, 6) is 1.58. The van der Waals surface area contributed by atoms with Gasteiger partial charge in [0, 0.05) is 11.6 Å². The second-order valence-corrected chi connectivity index (χ2v) is 8.78. The van der Waals surface area contributed by atoms with Crippen LogP contribution in [0.5, 0.6) is 5.75 Å². The Morgan fingerprint density at radius 2 is 1.61 bits per heavy atom. The van der Waals surface area contributed by atoms with Gasteiger partial charge in [-0.15, -0.1) is 0 Å². The summed E-state index contributed by atoms with van der Waals surface area (Å²) >= 11 is 0. The molecule has 0 fully saturated rings. The number of hydrogen-bond acceptors (Lipinski definition) is 5. The summed E-state index contributed by atoms with van der Waals surface area (Å²) in [5, 5.41) is 0. The summed E-state index contributed by atoms with van der Waals surface area (Å²) in [6.07, 6.45) is 0. The molecular weight excluding hydrogens is 412 g/mol. The van der Waals surface area contributed by atoms with E-state index in [1.807, 2.05) is 30.3 Å². The molecule has 1 aromatic heterocycles. The van der Waals surface area contributed by atoms with Crippen LogP contribution in [-0.2, 0) is 16.6 Å². The number of sulfonamides is 1. The van der Waals surface area contributed by atoms with Crippen molar-refractivity contribution in [2.45, 2.75) is 18.4 Å². The molecule has 0 amide bonds. The molecule has 0 bridgehead atoms. The Labute approximate surface area is 181 Å². The zero-order valence-corrected chi connectivity index (χ0v) is 18.0. The first-order valence-electron chi connectivity index (χ1n) is 9.72. The molecule has 3 aromatic carbocycles. The second kappa shape index (κ2) is 8.65. The number of oxazole rings is 1. The number of benzene rings is 3. The zero-order chi connectivity index (χ0) is 21.8. The van der Waals surface area contributed by atoms with Gasteiger partial charge in [0.25, 0.3) is 10.0 Å². The van der Waals surface area contributed by atoms with E-state index in [0.29, 0.717) is 28.8 Å². The minimum Gasteiger partial charge on any atom is -0.497 e. The van der Waals surface area contributed by atoms with Crippen molar-refractivity contribution < 1.29 is 17.6 Å². The molecule has 6 nitrogen and oxygen atoms in total. The average molecular weight is 435 g/mol. The summed E-state index contributed by atoms with van der Waals surface area (Å²) in [5.41, 5.74) is 1.85. The van der Waals surface area contributed by atoms with Crippen LogP contribution in [0.4, 0.5) is 5.69 Å². The van der Waals surface area contributed by atoms with E-state index < -0.39 is 10.0 Å². The van der Waals surface area contributed by atoms with Crippen LogP contribution in [0.3, 0.4) is 0 Å². The molecule has 31 heavy (non-hydrogen) atoms. The number of rotatable bonds is 7. The van der Waals surface area contributed by atoms with E-state index in [1.54, 1.807) is 68.6 Å². The summed E-state index contributed by atoms with van der Waals surface area (Å²) < 4.78 is 39.6. The first kappa shape index (κ1) is 20.7. The van der Waals surface area contributed by atoms with Crippen LogP contribution in [0.2, 0.25) is 0 Å². The van der Waals surface area contributed by atoms with Crippen LogP contribution >= 0.6 is 0 Å². The molecule has 0 unspecified atom stereocenters. The van der Waals surface area contributed by atoms with Crippen molar-refractivity contribution in [1.82, 2.24) is 4.98 Å². The number of anilines is 1. The number of nitrogens with zero attached hydrogens (tertiary/aromatic N) is 2. The van der Waals surface area contributed by atoms with Crippen molar-refractivity contribution in [2.75, 3.05) is 11.4 Å². The van der Waals surface area contributed by atoms with E-state index in [0.717, 1.165) is 5.56 Å². The van der Waals surface area contributed by atoms with Crippen LogP contribution in [0, 0.1) is 6.92 Å². The van der Waals surface area contributed by atoms with Crippen molar-refractivity contribution in [3.8, 4) is 17.2 Å². The Kier molecular flexibility index (Phi) is 5.77. The van der Waals surface area contributed by atoms with Gasteiger partial charge in [0.15, 0.2) is 0 Å². The molecule has 0 radical (unpaired) electrons. The molecule has 0 N–H and O–H groups in total. The number of aromatic nitrogens is 1. The lowest BCUT2D eigenvalue weighted by Gasteiger charge is -2.24. The van der Waals surface area contributed by atoms with Crippen molar-refractivity contribution >= 4 is 15.7 Å². The van der Waals surface area contributed by atoms with Crippen LogP contribution in [-0.4, -0.2) is 20.5 Å². The second-order valence-electron chi connectivity index (χ2n) is 6.91. The van der Waals surface area contributed by atoms with Crippen molar-refractivity contribution in [1.29, 1.82) is 0 Å². The van der Waals surface area contributed by atoms with Crippen LogP contribution < -0.4 is 9.04 Å².